The maximum absolute atomic E-state index is 5.62. The van der Waals surface area contributed by atoms with Gasteiger partial charge >= 0.3 is 0 Å². The number of aliphatic imine (C=N–C) groups is 1. The standard InChI is InChI=1S/C18H25N5O/c1-14-3-6-22-11-15(21-16(22)9-14)10-20-17(19-2)23-7-4-18(12-23)5-8-24-13-18/h3,6,9,11H,4-5,7-8,10,12-13H2,1-2H3,(H,19,20). The molecule has 2 aliphatic heterocycles. The molecule has 2 aromatic rings. The Labute approximate surface area is 142 Å². The normalized spacial score (nSPS) is 24.4. The molecule has 1 spiro atoms. The molecule has 0 aliphatic carbocycles. The van der Waals surface area contributed by atoms with Gasteiger partial charge in [0.05, 0.1) is 18.8 Å². The maximum Gasteiger partial charge on any atom is 0.193 e. The van der Waals surface area contributed by atoms with Crippen molar-refractivity contribution in [2.45, 2.75) is 26.3 Å². The van der Waals surface area contributed by atoms with Crippen LogP contribution in [0.4, 0.5) is 0 Å². The van der Waals surface area contributed by atoms with Crippen LogP contribution in [-0.2, 0) is 11.3 Å². The molecule has 1 N–H and O–H groups in total. The van der Waals surface area contributed by atoms with Gasteiger partial charge in [0.1, 0.15) is 5.65 Å². The highest BCUT2D eigenvalue weighted by Crippen LogP contribution is 2.38. The molecule has 0 saturated carbocycles. The van der Waals surface area contributed by atoms with Gasteiger partial charge in [-0.25, -0.2) is 4.98 Å². The van der Waals surface area contributed by atoms with Crippen LogP contribution in [0.2, 0.25) is 0 Å². The Hall–Kier alpha value is -2.08. The number of rotatable bonds is 2. The van der Waals surface area contributed by atoms with Gasteiger partial charge in [0.25, 0.3) is 0 Å². The van der Waals surface area contributed by atoms with E-state index in [1.807, 2.05) is 7.05 Å². The Morgan fingerprint density at radius 2 is 2.38 bits per heavy atom. The van der Waals surface area contributed by atoms with Crippen LogP contribution in [0.3, 0.4) is 0 Å². The second-order valence-electron chi connectivity index (χ2n) is 7.08. The molecule has 0 amide bonds. The number of ether oxygens (including phenoxy) is 1. The lowest BCUT2D eigenvalue weighted by atomic mass is 9.87. The highest BCUT2D eigenvalue weighted by molar-refractivity contribution is 5.80. The molecule has 128 valence electrons. The van der Waals surface area contributed by atoms with E-state index in [0.29, 0.717) is 12.0 Å². The van der Waals surface area contributed by atoms with Crippen molar-refractivity contribution in [2.75, 3.05) is 33.4 Å². The summed E-state index contributed by atoms with van der Waals surface area (Å²) in [6.07, 6.45) is 6.50. The smallest absolute Gasteiger partial charge is 0.193 e. The number of aryl methyl sites for hydroxylation is 1. The predicted molar refractivity (Wildman–Crippen MR) is 94.2 cm³/mol. The number of aromatic nitrogens is 2. The zero-order chi connectivity index (χ0) is 16.6. The zero-order valence-corrected chi connectivity index (χ0v) is 14.5. The lowest BCUT2D eigenvalue weighted by Crippen LogP contribution is -2.41. The molecule has 2 aromatic heterocycles. The molecule has 2 aliphatic rings. The van der Waals surface area contributed by atoms with Gasteiger partial charge in [-0.05, 0) is 37.5 Å². The van der Waals surface area contributed by atoms with Crippen LogP contribution < -0.4 is 5.32 Å². The van der Waals surface area contributed by atoms with Gasteiger partial charge in [0, 0.05) is 44.6 Å². The Bertz CT molecular complexity index is 760. The predicted octanol–water partition coefficient (Wildman–Crippen LogP) is 1.83. The number of hydrogen-bond acceptors (Lipinski definition) is 3. The molecule has 0 aromatic carbocycles. The van der Waals surface area contributed by atoms with Crippen molar-refractivity contribution in [2.24, 2.45) is 10.4 Å². The van der Waals surface area contributed by atoms with Crippen LogP contribution in [0.25, 0.3) is 5.65 Å². The average Bonchev–Trinajstić information content (AvgIpc) is 3.29. The first-order valence-electron chi connectivity index (χ1n) is 8.65. The third kappa shape index (κ3) is 2.86. The summed E-state index contributed by atoms with van der Waals surface area (Å²) in [6, 6.07) is 4.20. The minimum Gasteiger partial charge on any atom is -0.381 e. The molecule has 4 rings (SSSR count). The van der Waals surface area contributed by atoms with E-state index in [1.165, 1.54) is 18.4 Å². The molecular weight excluding hydrogens is 302 g/mol. The molecule has 4 heterocycles. The molecule has 1 unspecified atom stereocenters. The highest BCUT2D eigenvalue weighted by Gasteiger charge is 2.42. The van der Waals surface area contributed by atoms with Crippen LogP contribution in [0.15, 0.2) is 29.5 Å². The lowest BCUT2D eigenvalue weighted by molar-refractivity contribution is 0.156. The van der Waals surface area contributed by atoms with E-state index in [4.69, 9.17) is 4.74 Å². The Morgan fingerprint density at radius 1 is 1.46 bits per heavy atom. The van der Waals surface area contributed by atoms with E-state index in [9.17, 15) is 0 Å². The Morgan fingerprint density at radius 3 is 3.17 bits per heavy atom. The van der Waals surface area contributed by atoms with E-state index in [0.717, 1.165) is 43.6 Å². The molecule has 2 fully saturated rings. The van der Waals surface area contributed by atoms with Crippen molar-refractivity contribution in [3.05, 3.63) is 35.8 Å². The summed E-state index contributed by atoms with van der Waals surface area (Å²) < 4.78 is 7.68. The summed E-state index contributed by atoms with van der Waals surface area (Å²) in [5.74, 6) is 0.965. The Kier molecular flexibility index (Phi) is 3.92. The summed E-state index contributed by atoms with van der Waals surface area (Å²) >= 11 is 0. The summed E-state index contributed by atoms with van der Waals surface area (Å²) in [7, 11) is 1.85. The van der Waals surface area contributed by atoms with Crippen molar-refractivity contribution >= 4 is 11.6 Å². The number of guanidine groups is 1. The molecule has 1 atom stereocenters. The number of nitrogens with one attached hydrogen (secondary N) is 1. The highest BCUT2D eigenvalue weighted by atomic mass is 16.5. The van der Waals surface area contributed by atoms with Gasteiger partial charge in [0.2, 0.25) is 0 Å². The zero-order valence-electron chi connectivity index (χ0n) is 14.5. The summed E-state index contributed by atoms with van der Waals surface area (Å²) in [6.45, 7) is 6.66. The third-order valence-corrected chi connectivity index (χ3v) is 5.23. The van der Waals surface area contributed by atoms with Crippen molar-refractivity contribution in [3.8, 4) is 0 Å². The van der Waals surface area contributed by atoms with Crippen LogP contribution in [0, 0.1) is 12.3 Å². The average molecular weight is 327 g/mol. The number of imidazole rings is 1. The fraction of sp³-hybridized carbons (Fsp3) is 0.556. The van der Waals surface area contributed by atoms with Gasteiger partial charge in [-0.1, -0.05) is 0 Å². The third-order valence-electron chi connectivity index (χ3n) is 5.23. The van der Waals surface area contributed by atoms with Crippen LogP contribution in [0.5, 0.6) is 0 Å². The second-order valence-corrected chi connectivity index (χ2v) is 7.08. The summed E-state index contributed by atoms with van der Waals surface area (Å²) in [5, 5.41) is 3.47. The number of likely N-dealkylation sites (tertiary alicyclic amines) is 1. The molecule has 6 heteroatoms. The SMILES string of the molecule is CN=C(NCc1cn2ccc(C)cc2n1)N1CCC2(CCOC2)C1. The molecule has 0 radical (unpaired) electrons. The van der Waals surface area contributed by atoms with E-state index >= 15 is 0 Å². The van der Waals surface area contributed by atoms with Gasteiger partial charge < -0.3 is 19.4 Å². The topological polar surface area (TPSA) is 54.2 Å². The number of hydrogen-bond donors (Lipinski definition) is 1. The number of pyridine rings is 1. The minimum absolute atomic E-state index is 0.345. The quantitative estimate of drug-likeness (QED) is 0.675. The van der Waals surface area contributed by atoms with Crippen molar-refractivity contribution in [1.29, 1.82) is 0 Å². The Balaban J connectivity index is 1.41. The molecular formula is C18H25N5O. The largest absolute Gasteiger partial charge is 0.381 e. The first-order chi connectivity index (χ1) is 11.7. The molecule has 24 heavy (non-hydrogen) atoms. The van der Waals surface area contributed by atoms with Gasteiger partial charge in [-0.3, -0.25) is 4.99 Å². The maximum atomic E-state index is 5.62. The van der Waals surface area contributed by atoms with Crippen LogP contribution >= 0.6 is 0 Å². The van der Waals surface area contributed by atoms with E-state index in [-0.39, 0.29) is 0 Å². The fourth-order valence-electron chi connectivity index (χ4n) is 3.81. The van der Waals surface area contributed by atoms with Gasteiger partial charge in [-0.15, -0.1) is 0 Å². The van der Waals surface area contributed by atoms with E-state index in [2.05, 4.69) is 56.0 Å². The van der Waals surface area contributed by atoms with Crippen LogP contribution in [-0.4, -0.2) is 53.6 Å². The number of fused-ring (bicyclic) bond motifs is 1. The molecule has 6 nitrogen and oxygen atoms in total. The number of nitrogens with zero attached hydrogens (tertiary/aromatic N) is 4. The van der Waals surface area contributed by atoms with Crippen molar-refractivity contribution in [3.63, 3.8) is 0 Å². The first-order valence-corrected chi connectivity index (χ1v) is 8.65. The summed E-state index contributed by atoms with van der Waals surface area (Å²) in [5.41, 5.74) is 3.59. The molecule has 0 bridgehead atoms. The van der Waals surface area contributed by atoms with Gasteiger partial charge in [0.15, 0.2) is 5.96 Å². The lowest BCUT2D eigenvalue weighted by Gasteiger charge is -2.24. The molecule has 2 saturated heterocycles. The van der Waals surface area contributed by atoms with E-state index < -0.39 is 0 Å². The van der Waals surface area contributed by atoms with Crippen molar-refractivity contribution < 1.29 is 4.74 Å². The minimum atomic E-state index is 0.345. The second kappa shape index (κ2) is 6.09. The van der Waals surface area contributed by atoms with Crippen molar-refractivity contribution in [1.82, 2.24) is 19.6 Å². The van der Waals surface area contributed by atoms with Crippen LogP contribution in [0.1, 0.15) is 24.1 Å². The first kappa shape index (κ1) is 15.4. The van der Waals surface area contributed by atoms with Gasteiger partial charge in [-0.2, -0.15) is 0 Å². The summed E-state index contributed by atoms with van der Waals surface area (Å²) in [4.78, 5) is 11.5. The fourth-order valence-corrected chi connectivity index (χ4v) is 3.81. The monoisotopic (exact) mass is 327 g/mol. The van der Waals surface area contributed by atoms with E-state index in [1.54, 1.807) is 0 Å².